The molecular formula is C19H21N3O4S2. The molecule has 148 valence electrons. The van der Waals surface area contributed by atoms with Crippen molar-refractivity contribution in [1.29, 1.82) is 0 Å². The van der Waals surface area contributed by atoms with Crippen LogP contribution in [0.25, 0.3) is 0 Å². The van der Waals surface area contributed by atoms with E-state index >= 15 is 0 Å². The number of sulfonamides is 1. The maximum Gasteiger partial charge on any atom is 0.280 e. The molecular weight excluding hydrogens is 398 g/mol. The molecule has 2 aromatic rings. The Morgan fingerprint density at radius 3 is 2.57 bits per heavy atom. The molecule has 0 fully saturated rings. The molecule has 0 bridgehead atoms. The van der Waals surface area contributed by atoms with Gasteiger partial charge in [0.1, 0.15) is 0 Å². The zero-order valence-corrected chi connectivity index (χ0v) is 17.0. The van der Waals surface area contributed by atoms with E-state index in [9.17, 15) is 18.0 Å². The minimum Gasteiger partial charge on any atom is -0.369 e. The van der Waals surface area contributed by atoms with Crippen molar-refractivity contribution in [2.45, 2.75) is 24.7 Å². The number of benzene rings is 1. The van der Waals surface area contributed by atoms with Crippen molar-refractivity contribution in [1.82, 2.24) is 9.31 Å². The van der Waals surface area contributed by atoms with E-state index in [1.54, 1.807) is 35.4 Å². The molecule has 0 unspecified atom stereocenters. The van der Waals surface area contributed by atoms with Crippen LogP contribution >= 0.6 is 11.3 Å². The number of hydrogen-bond donors (Lipinski definition) is 1. The van der Waals surface area contributed by atoms with Crippen molar-refractivity contribution in [3.63, 3.8) is 0 Å². The van der Waals surface area contributed by atoms with Crippen LogP contribution in [0.5, 0.6) is 0 Å². The van der Waals surface area contributed by atoms with Gasteiger partial charge < -0.3 is 4.90 Å². The van der Waals surface area contributed by atoms with Crippen LogP contribution in [0.15, 0.2) is 58.4 Å². The van der Waals surface area contributed by atoms with Crippen molar-refractivity contribution >= 4 is 33.1 Å². The molecule has 1 aliphatic heterocycles. The Labute approximate surface area is 168 Å². The highest BCUT2D eigenvalue weighted by molar-refractivity contribution is 7.89. The summed E-state index contributed by atoms with van der Waals surface area (Å²) in [6.45, 7) is 2.58. The van der Waals surface area contributed by atoms with E-state index in [0.717, 1.165) is 5.56 Å². The highest BCUT2D eigenvalue weighted by Gasteiger charge is 2.30. The lowest BCUT2D eigenvalue weighted by molar-refractivity contribution is -0.123. The molecule has 7 nitrogen and oxygen atoms in total. The molecule has 1 aliphatic rings. The van der Waals surface area contributed by atoms with E-state index in [1.807, 2.05) is 12.3 Å². The van der Waals surface area contributed by atoms with E-state index in [-0.39, 0.29) is 27.2 Å². The molecule has 0 atom stereocenters. The molecule has 0 spiro atoms. The third-order valence-corrected chi connectivity index (χ3v) is 6.89. The summed E-state index contributed by atoms with van der Waals surface area (Å²) >= 11 is 1.36. The molecule has 0 saturated carbocycles. The number of carbonyl (C=O) groups excluding carboxylic acids is 2. The van der Waals surface area contributed by atoms with Gasteiger partial charge in [0.2, 0.25) is 0 Å². The minimum absolute atomic E-state index is 0.0446. The normalized spacial score (nSPS) is 14.5. The molecule has 1 amide bonds. The minimum atomic E-state index is -4.14. The van der Waals surface area contributed by atoms with Crippen LogP contribution in [0.3, 0.4) is 0 Å². The van der Waals surface area contributed by atoms with Crippen LogP contribution < -0.4 is 5.84 Å². The second kappa shape index (κ2) is 8.26. The Kier molecular flexibility index (Phi) is 5.97. The topological polar surface area (TPSA) is 101 Å². The first-order valence-electron chi connectivity index (χ1n) is 8.71. The lowest BCUT2D eigenvalue weighted by Gasteiger charge is -2.27. The Balaban J connectivity index is 1.75. The third kappa shape index (κ3) is 4.32. The molecule has 2 N–H and O–H groups in total. The molecule has 1 aromatic heterocycles. The van der Waals surface area contributed by atoms with Gasteiger partial charge in [0.25, 0.3) is 15.9 Å². The predicted molar refractivity (Wildman–Crippen MR) is 107 cm³/mol. The standard InChI is InChI=1S/C19H21N3O4S2/c1-14-6-8-16(9-7-14)28(25,26)22(20)19(24)15-4-2-10-21(12-15)13-17(23)18-5-3-11-27-18/h3,5-9,11-12H,2,4,10,13,20H2,1H3. The summed E-state index contributed by atoms with van der Waals surface area (Å²) in [5, 5.41) is 1.83. The number of nitrogens with zero attached hydrogens (tertiary/aromatic N) is 2. The van der Waals surface area contributed by atoms with Crippen molar-refractivity contribution in [3.8, 4) is 0 Å². The van der Waals surface area contributed by atoms with Crippen LogP contribution in [0.2, 0.25) is 0 Å². The lowest BCUT2D eigenvalue weighted by Crippen LogP contribution is -2.44. The molecule has 3 rings (SSSR count). The third-order valence-electron chi connectivity index (χ3n) is 4.43. The fraction of sp³-hybridized carbons (Fsp3) is 0.263. The summed E-state index contributed by atoms with van der Waals surface area (Å²) in [5.74, 6) is 4.86. The number of ketones is 1. The van der Waals surface area contributed by atoms with Crippen LogP contribution in [0.4, 0.5) is 0 Å². The number of nitrogens with two attached hydrogens (primary N) is 1. The summed E-state index contributed by atoms with van der Waals surface area (Å²) in [6, 6.07) is 9.67. The number of Topliss-reactive ketones (excluding diaryl/α,β-unsaturated/α-hetero) is 1. The Hall–Kier alpha value is -2.49. The van der Waals surface area contributed by atoms with E-state index < -0.39 is 15.9 Å². The zero-order valence-electron chi connectivity index (χ0n) is 15.4. The van der Waals surface area contributed by atoms with E-state index in [1.165, 1.54) is 23.5 Å². The van der Waals surface area contributed by atoms with Gasteiger partial charge >= 0.3 is 0 Å². The van der Waals surface area contributed by atoms with Crippen LogP contribution in [-0.2, 0) is 14.8 Å². The van der Waals surface area contributed by atoms with Gasteiger partial charge in [-0.1, -0.05) is 23.8 Å². The fourth-order valence-electron chi connectivity index (χ4n) is 2.88. The van der Waals surface area contributed by atoms with Crippen molar-refractivity contribution in [3.05, 3.63) is 64.0 Å². The van der Waals surface area contributed by atoms with E-state index in [2.05, 4.69) is 0 Å². The Morgan fingerprint density at radius 2 is 1.93 bits per heavy atom. The van der Waals surface area contributed by atoms with Crippen LogP contribution in [0, 0.1) is 6.92 Å². The van der Waals surface area contributed by atoms with Gasteiger partial charge in [0, 0.05) is 18.3 Å². The predicted octanol–water partition coefficient (Wildman–Crippen LogP) is 2.31. The van der Waals surface area contributed by atoms with E-state index in [0.29, 0.717) is 24.3 Å². The SMILES string of the molecule is Cc1ccc(S(=O)(=O)N(N)C(=O)C2=CN(CC(=O)c3cccs3)CCC2)cc1. The molecule has 0 saturated heterocycles. The fourth-order valence-corrected chi connectivity index (χ4v) is 4.58. The molecule has 0 radical (unpaired) electrons. The molecule has 9 heteroatoms. The summed E-state index contributed by atoms with van der Waals surface area (Å²) in [5.41, 5.74) is 1.17. The first kappa shape index (κ1) is 20.2. The second-order valence-corrected chi connectivity index (χ2v) is 9.31. The van der Waals surface area contributed by atoms with Crippen LogP contribution in [0.1, 0.15) is 28.1 Å². The average molecular weight is 420 g/mol. The quantitative estimate of drug-likeness (QED) is 0.334. The van der Waals surface area contributed by atoms with Gasteiger partial charge in [-0.25, -0.2) is 5.84 Å². The number of hydrazine groups is 1. The van der Waals surface area contributed by atoms with Crippen molar-refractivity contribution in [2.24, 2.45) is 5.84 Å². The maximum absolute atomic E-state index is 12.7. The monoisotopic (exact) mass is 419 g/mol. The molecule has 0 aliphatic carbocycles. The van der Waals surface area contributed by atoms with E-state index in [4.69, 9.17) is 5.84 Å². The van der Waals surface area contributed by atoms with Gasteiger partial charge in [0.05, 0.1) is 16.3 Å². The number of thiophene rings is 1. The highest BCUT2D eigenvalue weighted by atomic mass is 32.2. The number of aryl methyl sites for hydroxylation is 1. The van der Waals surface area contributed by atoms with Gasteiger partial charge in [-0.3, -0.25) is 9.59 Å². The largest absolute Gasteiger partial charge is 0.369 e. The number of carbonyl (C=O) groups is 2. The van der Waals surface area contributed by atoms with Gasteiger partial charge in [-0.15, -0.1) is 11.3 Å². The molecule has 28 heavy (non-hydrogen) atoms. The summed E-state index contributed by atoms with van der Waals surface area (Å²) in [4.78, 5) is 27.3. The van der Waals surface area contributed by atoms with Gasteiger partial charge in [-0.2, -0.15) is 12.8 Å². The molecule has 2 heterocycles. The highest BCUT2D eigenvalue weighted by Crippen LogP contribution is 2.21. The Bertz CT molecular complexity index is 996. The number of amides is 1. The first-order valence-corrected chi connectivity index (χ1v) is 11.0. The van der Waals surface area contributed by atoms with Crippen molar-refractivity contribution in [2.75, 3.05) is 13.1 Å². The number of rotatable bonds is 6. The lowest BCUT2D eigenvalue weighted by atomic mass is 10.1. The maximum atomic E-state index is 12.7. The number of hydrogen-bond acceptors (Lipinski definition) is 7. The molecule has 1 aromatic carbocycles. The second-order valence-electron chi connectivity index (χ2n) is 6.55. The van der Waals surface area contributed by atoms with Crippen molar-refractivity contribution < 1.29 is 18.0 Å². The zero-order chi connectivity index (χ0) is 20.3. The summed E-state index contributed by atoms with van der Waals surface area (Å²) in [7, 11) is -4.14. The van der Waals surface area contributed by atoms with Gasteiger partial charge in [-0.05, 0) is 43.3 Å². The average Bonchev–Trinajstić information content (AvgIpc) is 3.22. The smallest absolute Gasteiger partial charge is 0.280 e. The summed E-state index contributed by atoms with van der Waals surface area (Å²) in [6.07, 6.45) is 2.58. The summed E-state index contributed by atoms with van der Waals surface area (Å²) < 4.78 is 25.5. The van der Waals surface area contributed by atoms with Gasteiger partial charge in [0.15, 0.2) is 5.78 Å². The van der Waals surface area contributed by atoms with Crippen LogP contribution in [-0.4, -0.2) is 42.5 Å². The first-order chi connectivity index (χ1) is 13.3. The Morgan fingerprint density at radius 1 is 1.21 bits per heavy atom.